The summed E-state index contributed by atoms with van der Waals surface area (Å²) in [5.41, 5.74) is 3.07. The lowest BCUT2D eigenvalue weighted by molar-refractivity contribution is -0.384. The molecule has 2 aromatic carbocycles. The Morgan fingerprint density at radius 2 is 1.90 bits per heavy atom. The normalized spacial score (nSPS) is 10.6. The van der Waals surface area contributed by atoms with Gasteiger partial charge in [-0.25, -0.2) is 0 Å². The van der Waals surface area contributed by atoms with E-state index in [1.807, 2.05) is 18.2 Å². The van der Waals surface area contributed by atoms with E-state index < -0.39 is 4.92 Å². The van der Waals surface area contributed by atoms with Gasteiger partial charge in [0.1, 0.15) is 0 Å². The van der Waals surface area contributed by atoms with E-state index in [9.17, 15) is 14.9 Å². The molecule has 1 aromatic heterocycles. The Labute approximate surface area is 114 Å². The summed E-state index contributed by atoms with van der Waals surface area (Å²) >= 11 is 0. The number of aldehydes is 1. The minimum Gasteiger partial charge on any atom is -0.360 e. The summed E-state index contributed by atoms with van der Waals surface area (Å²) in [6.07, 6.45) is 2.44. The molecule has 3 aromatic rings. The van der Waals surface area contributed by atoms with E-state index in [-0.39, 0.29) is 5.69 Å². The van der Waals surface area contributed by atoms with Crippen LogP contribution in [-0.4, -0.2) is 16.2 Å². The molecule has 5 nitrogen and oxygen atoms in total. The number of benzene rings is 2. The Morgan fingerprint density at radius 3 is 2.65 bits per heavy atom. The molecule has 1 heterocycles. The third-order valence-electron chi connectivity index (χ3n) is 3.23. The number of fused-ring (bicyclic) bond motifs is 1. The van der Waals surface area contributed by atoms with Crippen LogP contribution in [0.25, 0.3) is 22.0 Å². The van der Waals surface area contributed by atoms with Gasteiger partial charge in [-0.15, -0.1) is 0 Å². The van der Waals surface area contributed by atoms with Gasteiger partial charge in [0.15, 0.2) is 6.29 Å². The largest absolute Gasteiger partial charge is 0.360 e. The molecule has 0 saturated carbocycles. The fraction of sp³-hybridized carbons (Fsp3) is 0. The van der Waals surface area contributed by atoms with E-state index in [4.69, 9.17) is 0 Å². The van der Waals surface area contributed by atoms with Crippen LogP contribution in [0.4, 0.5) is 5.69 Å². The first-order valence-electron chi connectivity index (χ1n) is 6.00. The minimum atomic E-state index is -0.421. The zero-order valence-corrected chi connectivity index (χ0v) is 10.4. The molecule has 0 aliphatic carbocycles. The Bertz CT molecular complexity index is 821. The average Bonchev–Trinajstić information content (AvgIpc) is 2.89. The molecule has 20 heavy (non-hydrogen) atoms. The molecule has 0 aliphatic heterocycles. The molecule has 0 saturated heterocycles. The van der Waals surface area contributed by atoms with Crippen LogP contribution in [0.2, 0.25) is 0 Å². The third kappa shape index (κ3) is 1.95. The second-order valence-corrected chi connectivity index (χ2v) is 4.43. The molecule has 0 spiro atoms. The van der Waals surface area contributed by atoms with E-state index in [1.165, 1.54) is 12.1 Å². The minimum absolute atomic E-state index is 0.0484. The van der Waals surface area contributed by atoms with Crippen molar-refractivity contribution in [3.8, 4) is 11.1 Å². The smallest absolute Gasteiger partial charge is 0.270 e. The standard InChI is InChI=1S/C15H10N2O3/c18-9-12-8-16-15-5-4-11(7-14(12)15)10-2-1-3-13(6-10)17(19)20/h1-9,16H. The van der Waals surface area contributed by atoms with Gasteiger partial charge in [-0.05, 0) is 23.3 Å². The van der Waals surface area contributed by atoms with Crippen molar-refractivity contribution in [2.45, 2.75) is 0 Å². The molecule has 0 aliphatic rings. The van der Waals surface area contributed by atoms with E-state index in [2.05, 4.69) is 4.98 Å². The monoisotopic (exact) mass is 266 g/mol. The summed E-state index contributed by atoms with van der Waals surface area (Å²) < 4.78 is 0. The van der Waals surface area contributed by atoms with Crippen LogP contribution in [0, 0.1) is 10.1 Å². The van der Waals surface area contributed by atoms with Gasteiger partial charge in [0.25, 0.3) is 5.69 Å². The summed E-state index contributed by atoms with van der Waals surface area (Å²) in [7, 11) is 0. The maximum atomic E-state index is 11.0. The summed E-state index contributed by atoms with van der Waals surface area (Å²) in [4.78, 5) is 24.4. The van der Waals surface area contributed by atoms with E-state index >= 15 is 0 Å². The summed E-state index contributed by atoms with van der Waals surface area (Å²) in [6.45, 7) is 0. The maximum Gasteiger partial charge on any atom is 0.270 e. The van der Waals surface area contributed by atoms with Gasteiger partial charge in [0, 0.05) is 34.8 Å². The SMILES string of the molecule is O=Cc1c[nH]c2ccc(-c3cccc([N+](=O)[O-])c3)cc12. The van der Waals surface area contributed by atoms with Crippen molar-refractivity contribution in [2.24, 2.45) is 0 Å². The van der Waals surface area contributed by atoms with Crippen molar-refractivity contribution >= 4 is 22.9 Å². The molecular formula is C15H10N2O3. The lowest BCUT2D eigenvalue weighted by atomic mass is 10.0. The van der Waals surface area contributed by atoms with E-state index in [0.717, 1.165) is 28.3 Å². The quantitative estimate of drug-likeness (QED) is 0.447. The molecule has 0 atom stereocenters. The topological polar surface area (TPSA) is 76.0 Å². The number of carbonyl (C=O) groups is 1. The average molecular weight is 266 g/mol. The first-order valence-corrected chi connectivity index (χ1v) is 6.00. The Hall–Kier alpha value is -2.95. The van der Waals surface area contributed by atoms with Gasteiger partial charge in [-0.1, -0.05) is 18.2 Å². The number of aromatic nitrogens is 1. The summed E-state index contributed by atoms with van der Waals surface area (Å²) in [5.74, 6) is 0. The van der Waals surface area contributed by atoms with Crippen molar-refractivity contribution < 1.29 is 9.72 Å². The van der Waals surface area contributed by atoms with Gasteiger partial charge >= 0.3 is 0 Å². The predicted octanol–water partition coefficient (Wildman–Crippen LogP) is 3.56. The Kier molecular flexibility index (Phi) is 2.80. The zero-order chi connectivity index (χ0) is 14.1. The number of nitro groups is 1. The van der Waals surface area contributed by atoms with Gasteiger partial charge in [0.05, 0.1) is 4.92 Å². The second kappa shape index (κ2) is 4.62. The molecule has 1 N–H and O–H groups in total. The Morgan fingerprint density at radius 1 is 1.10 bits per heavy atom. The highest BCUT2D eigenvalue weighted by atomic mass is 16.6. The van der Waals surface area contributed by atoms with Gasteiger partial charge in [0.2, 0.25) is 0 Å². The van der Waals surface area contributed by atoms with Crippen molar-refractivity contribution in [1.29, 1.82) is 0 Å². The molecule has 5 heteroatoms. The fourth-order valence-corrected chi connectivity index (χ4v) is 2.22. The number of hydrogen-bond donors (Lipinski definition) is 1. The van der Waals surface area contributed by atoms with Crippen LogP contribution in [0.5, 0.6) is 0 Å². The zero-order valence-electron chi connectivity index (χ0n) is 10.4. The summed E-state index contributed by atoms with van der Waals surface area (Å²) in [6, 6.07) is 12.0. The first kappa shape index (κ1) is 12.1. The first-order chi connectivity index (χ1) is 9.69. The number of nitrogens with zero attached hydrogens (tertiary/aromatic N) is 1. The number of non-ortho nitro benzene ring substituents is 1. The Balaban J connectivity index is 2.16. The van der Waals surface area contributed by atoms with E-state index in [0.29, 0.717) is 5.56 Å². The highest BCUT2D eigenvalue weighted by molar-refractivity contribution is 5.99. The fourth-order valence-electron chi connectivity index (χ4n) is 2.22. The highest BCUT2D eigenvalue weighted by Crippen LogP contribution is 2.28. The van der Waals surface area contributed by atoms with Crippen LogP contribution >= 0.6 is 0 Å². The van der Waals surface area contributed by atoms with Crippen LogP contribution in [0.3, 0.4) is 0 Å². The number of nitrogens with one attached hydrogen (secondary N) is 1. The van der Waals surface area contributed by atoms with Crippen molar-refractivity contribution in [3.63, 3.8) is 0 Å². The number of rotatable bonds is 3. The molecule has 0 fully saturated rings. The lowest BCUT2D eigenvalue weighted by Crippen LogP contribution is -1.88. The second-order valence-electron chi connectivity index (χ2n) is 4.43. The molecule has 0 radical (unpaired) electrons. The maximum absolute atomic E-state index is 11.0. The van der Waals surface area contributed by atoms with Crippen LogP contribution < -0.4 is 0 Å². The lowest BCUT2D eigenvalue weighted by Gasteiger charge is -2.02. The number of nitro benzene ring substituents is 1. The number of hydrogen-bond acceptors (Lipinski definition) is 3. The van der Waals surface area contributed by atoms with Crippen LogP contribution in [0.15, 0.2) is 48.7 Å². The van der Waals surface area contributed by atoms with Gasteiger partial charge in [-0.2, -0.15) is 0 Å². The molecule has 3 rings (SSSR count). The molecule has 0 bridgehead atoms. The summed E-state index contributed by atoms with van der Waals surface area (Å²) in [5, 5.41) is 11.6. The predicted molar refractivity (Wildman–Crippen MR) is 75.8 cm³/mol. The molecule has 0 amide bonds. The number of aromatic amines is 1. The molecule has 98 valence electrons. The van der Waals surface area contributed by atoms with Gasteiger partial charge in [-0.3, -0.25) is 14.9 Å². The van der Waals surface area contributed by atoms with Crippen LogP contribution in [0.1, 0.15) is 10.4 Å². The number of carbonyl (C=O) groups excluding carboxylic acids is 1. The number of H-pyrrole nitrogens is 1. The molecule has 0 unspecified atom stereocenters. The van der Waals surface area contributed by atoms with Crippen LogP contribution in [-0.2, 0) is 0 Å². The van der Waals surface area contributed by atoms with Crippen molar-refractivity contribution in [2.75, 3.05) is 0 Å². The third-order valence-corrected chi connectivity index (χ3v) is 3.23. The van der Waals surface area contributed by atoms with Crippen molar-refractivity contribution in [3.05, 3.63) is 64.3 Å². The van der Waals surface area contributed by atoms with Gasteiger partial charge < -0.3 is 4.98 Å². The highest BCUT2D eigenvalue weighted by Gasteiger charge is 2.09. The molecular weight excluding hydrogens is 256 g/mol. The van der Waals surface area contributed by atoms with Crippen molar-refractivity contribution in [1.82, 2.24) is 4.98 Å². The van der Waals surface area contributed by atoms with E-state index in [1.54, 1.807) is 18.3 Å².